The van der Waals surface area contributed by atoms with Gasteiger partial charge in [0.25, 0.3) is 0 Å². The highest BCUT2D eigenvalue weighted by molar-refractivity contribution is 5.91. The average Bonchev–Trinajstić information content (AvgIpc) is 2.96. The Balaban J connectivity index is 2.01. The molecule has 5 nitrogen and oxygen atoms in total. The number of nitrogens with two attached hydrogens (primary N) is 1. The van der Waals surface area contributed by atoms with Gasteiger partial charge >= 0.3 is 5.91 Å². The molecule has 1 aromatic heterocycles. The number of rotatable bonds is 4. The van der Waals surface area contributed by atoms with Crippen molar-refractivity contribution < 1.29 is 9.21 Å². The highest BCUT2D eigenvalue weighted by atomic mass is 16.4. The van der Waals surface area contributed by atoms with Crippen LogP contribution in [0.1, 0.15) is 41.6 Å². The van der Waals surface area contributed by atoms with Gasteiger partial charge in [0.1, 0.15) is 5.76 Å². The molecule has 1 aromatic rings. The van der Waals surface area contributed by atoms with Crippen LogP contribution in [0.2, 0.25) is 0 Å². The van der Waals surface area contributed by atoms with Crippen LogP contribution in [0.3, 0.4) is 0 Å². The van der Waals surface area contributed by atoms with Crippen molar-refractivity contribution in [1.82, 2.24) is 10.3 Å². The number of hydrogen-bond acceptors (Lipinski definition) is 4. The first-order valence-corrected chi connectivity index (χ1v) is 6.46. The van der Waals surface area contributed by atoms with Crippen molar-refractivity contribution in [3.63, 3.8) is 0 Å². The molecule has 1 atom stereocenters. The molecule has 2 rings (SSSR count). The number of hydrogen-bond donors (Lipinski definition) is 2. The molecule has 0 bridgehead atoms. The third-order valence-corrected chi connectivity index (χ3v) is 3.72. The van der Waals surface area contributed by atoms with E-state index in [4.69, 9.17) is 10.3 Å². The number of nitrogens with zero attached hydrogens (tertiary/aromatic N) is 1. The molecule has 1 aliphatic rings. The molecule has 3 N–H and O–H groups in total. The van der Waals surface area contributed by atoms with Gasteiger partial charge in [-0.1, -0.05) is 13.3 Å². The second kappa shape index (κ2) is 5.54. The fourth-order valence-electron chi connectivity index (χ4n) is 2.49. The van der Waals surface area contributed by atoms with Gasteiger partial charge in [-0.25, -0.2) is 5.84 Å². The summed E-state index contributed by atoms with van der Waals surface area (Å²) in [5.41, 5.74) is 3.16. The molecule has 1 fully saturated rings. The molecule has 18 heavy (non-hydrogen) atoms. The molecule has 1 unspecified atom stereocenters. The van der Waals surface area contributed by atoms with Crippen molar-refractivity contribution >= 4 is 5.91 Å². The molecule has 0 saturated carbocycles. The van der Waals surface area contributed by atoms with Crippen LogP contribution in [0, 0.1) is 12.8 Å². The number of nitrogen functional groups attached to an aromatic ring is 1. The Kier molecular flexibility index (Phi) is 4.04. The van der Waals surface area contributed by atoms with Crippen molar-refractivity contribution in [2.75, 3.05) is 13.1 Å². The third-order valence-electron chi connectivity index (χ3n) is 3.72. The van der Waals surface area contributed by atoms with E-state index in [1.54, 1.807) is 6.07 Å². The van der Waals surface area contributed by atoms with Gasteiger partial charge in [-0.15, -0.1) is 0 Å². The van der Waals surface area contributed by atoms with Gasteiger partial charge in [-0.3, -0.25) is 15.1 Å². The van der Waals surface area contributed by atoms with Crippen LogP contribution in [0.25, 0.3) is 0 Å². The second-order valence-corrected chi connectivity index (χ2v) is 4.96. The number of likely N-dealkylation sites (tertiary alicyclic amines) is 1. The first kappa shape index (κ1) is 13.1. The van der Waals surface area contributed by atoms with Crippen LogP contribution in [0.4, 0.5) is 0 Å². The number of hydrazine groups is 1. The van der Waals surface area contributed by atoms with E-state index in [2.05, 4.69) is 17.2 Å². The molecule has 0 aliphatic carbocycles. The van der Waals surface area contributed by atoms with Crippen LogP contribution < -0.4 is 11.3 Å². The molecular formula is C13H21N3O2. The summed E-state index contributed by atoms with van der Waals surface area (Å²) in [6, 6.07) is 1.79. The fourth-order valence-corrected chi connectivity index (χ4v) is 2.49. The van der Waals surface area contributed by atoms with Gasteiger partial charge in [-0.05, 0) is 31.9 Å². The van der Waals surface area contributed by atoms with Crippen LogP contribution in [-0.2, 0) is 6.54 Å². The lowest BCUT2D eigenvalue weighted by atomic mass is 10.1. The standard InChI is InChI=1S/C13H21N3O2/c1-3-10-4-5-16(7-10)8-11-6-12(13(17)15-14)18-9(11)2/h6,10H,3-5,7-8,14H2,1-2H3,(H,15,17). The zero-order valence-electron chi connectivity index (χ0n) is 11.0. The Bertz CT molecular complexity index is 428. The Hall–Kier alpha value is -1.33. The Morgan fingerprint density at radius 2 is 2.44 bits per heavy atom. The van der Waals surface area contributed by atoms with Gasteiger partial charge in [0, 0.05) is 18.7 Å². The Labute approximate surface area is 107 Å². The van der Waals surface area contributed by atoms with Gasteiger partial charge in [-0.2, -0.15) is 0 Å². The van der Waals surface area contributed by atoms with Crippen molar-refractivity contribution in [3.05, 3.63) is 23.2 Å². The van der Waals surface area contributed by atoms with E-state index in [1.165, 1.54) is 12.8 Å². The summed E-state index contributed by atoms with van der Waals surface area (Å²) in [5.74, 6) is 6.61. The summed E-state index contributed by atoms with van der Waals surface area (Å²) in [5, 5.41) is 0. The summed E-state index contributed by atoms with van der Waals surface area (Å²) in [4.78, 5) is 13.8. The topological polar surface area (TPSA) is 71.5 Å². The lowest BCUT2D eigenvalue weighted by molar-refractivity contribution is 0.0924. The predicted molar refractivity (Wildman–Crippen MR) is 68.8 cm³/mol. The molecular weight excluding hydrogens is 230 g/mol. The minimum absolute atomic E-state index is 0.288. The number of amides is 1. The quantitative estimate of drug-likeness (QED) is 0.482. The third kappa shape index (κ3) is 2.73. The smallest absolute Gasteiger partial charge is 0.300 e. The van der Waals surface area contributed by atoms with E-state index >= 15 is 0 Å². The normalized spacial score (nSPS) is 20.3. The highest BCUT2D eigenvalue weighted by Gasteiger charge is 2.22. The van der Waals surface area contributed by atoms with E-state index in [0.29, 0.717) is 0 Å². The maximum absolute atomic E-state index is 11.4. The Morgan fingerprint density at radius 1 is 1.67 bits per heavy atom. The summed E-state index contributed by atoms with van der Waals surface area (Å²) in [6.45, 7) is 7.24. The van der Waals surface area contributed by atoms with Gasteiger partial charge in [0.05, 0.1) is 0 Å². The van der Waals surface area contributed by atoms with Crippen LogP contribution in [0.5, 0.6) is 0 Å². The lowest BCUT2D eigenvalue weighted by Gasteiger charge is -2.14. The molecule has 1 aliphatic heterocycles. The monoisotopic (exact) mass is 251 g/mol. The van der Waals surface area contributed by atoms with Crippen LogP contribution in [0.15, 0.2) is 10.5 Å². The first-order chi connectivity index (χ1) is 8.63. The maximum Gasteiger partial charge on any atom is 0.300 e. The first-order valence-electron chi connectivity index (χ1n) is 6.46. The number of aryl methyl sites for hydroxylation is 1. The fraction of sp³-hybridized carbons (Fsp3) is 0.615. The summed E-state index contributed by atoms with van der Waals surface area (Å²) < 4.78 is 5.41. The van der Waals surface area contributed by atoms with E-state index < -0.39 is 0 Å². The number of furan rings is 1. The highest BCUT2D eigenvalue weighted by Crippen LogP contribution is 2.23. The zero-order chi connectivity index (χ0) is 13.1. The predicted octanol–water partition coefficient (Wildman–Crippen LogP) is 1.42. The van der Waals surface area contributed by atoms with E-state index in [0.717, 1.165) is 36.9 Å². The number of carbonyl (C=O) groups excluding carboxylic acids is 1. The van der Waals surface area contributed by atoms with Crippen LogP contribution in [-0.4, -0.2) is 23.9 Å². The van der Waals surface area contributed by atoms with Gasteiger partial charge < -0.3 is 4.42 Å². The molecule has 1 saturated heterocycles. The molecule has 0 spiro atoms. The van der Waals surface area contributed by atoms with Crippen molar-refractivity contribution in [2.24, 2.45) is 11.8 Å². The number of nitrogens with one attached hydrogen (secondary N) is 1. The largest absolute Gasteiger partial charge is 0.456 e. The van der Waals surface area contributed by atoms with Crippen molar-refractivity contribution in [1.29, 1.82) is 0 Å². The molecule has 2 heterocycles. The summed E-state index contributed by atoms with van der Waals surface area (Å²) in [7, 11) is 0. The van der Waals surface area contributed by atoms with Crippen LogP contribution >= 0.6 is 0 Å². The van der Waals surface area contributed by atoms with Crippen molar-refractivity contribution in [2.45, 2.75) is 33.2 Å². The molecule has 1 amide bonds. The molecule has 0 radical (unpaired) electrons. The average molecular weight is 251 g/mol. The lowest BCUT2D eigenvalue weighted by Crippen LogP contribution is -2.29. The maximum atomic E-state index is 11.4. The van der Waals surface area contributed by atoms with Crippen molar-refractivity contribution in [3.8, 4) is 0 Å². The second-order valence-electron chi connectivity index (χ2n) is 4.96. The summed E-state index contributed by atoms with van der Waals surface area (Å²) in [6.07, 6.45) is 2.51. The molecule has 100 valence electrons. The summed E-state index contributed by atoms with van der Waals surface area (Å²) >= 11 is 0. The van der Waals surface area contributed by atoms with Gasteiger partial charge in [0.2, 0.25) is 0 Å². The van der Waals surface area contributed by atoms with Gasteiger partial charge in [0.15, 0.2) is 5.76 Å². The minimum Gasteiger partial charge on any atom is -0.456 e. The minimum atomic E-state index is -0.378. The molecule has 5 heteroatoms. The SMILES string of the molecule is CCC1CCN(Cc2cc(C(=O)NN)oc2C)C1. The van der Waals surface area contributed by atoms with E-state index in [-0.39, 0.29) is 11.7 Å². The zero-order valence-corrected chi connectivity index (χ0v) is 11.0. The number of carbonyl (C=O) groups is 1. The van der Waals surface area contributed by atoms with E-state index in [1.807, 2.05) is 6.92 Å². The Morgan fingerprint density at radius 3 is 3.06 bits per heavy atom. The van der Waals surface area contributed by atoms with E-state index in [9.17, 15) is 4.79 Å². The molecule has 0 aromatic carbocycles.